The van der Waals surface area contributed by atoms with Crippen molar-refractivity contribution >= 4 is 11.5 Å². The van der Waals surface area contributed by atoms with Gasteiger partial charge in [0, 0.05) is 12.0 Å². The number of hydrogen-bond donors (Lipinski definition) is 1. The van der Waals surface area contributed by atoms with Gasteiger partial charge in [-0.3, -0.25) is 4.79 Å². The van der Waals surface area contributed by atoms with E-state index in [2.05, 4.69) is 5.16 Å². The zero-order chi connectivity index (χ0) is 10.8. The molecule has 0 fully saturated rings. The third-order valence-electron chi connectivity index (χ3n) is 2.38. The largest absolute Gasteiger partial charge is 0.494 e. The Kier molecular flexibility index (Phi) is 2.41. The fraction of sp³-hybridized carbons (Fsp3) is 0.273. The van der Waals surface area contributed by atoms with Crippen molar-refractivity contribution in [2.24, 2.45) is 5.16 Å². The molecule has 15 heavy (non-hydrogen) atoms. The molecule has 0 amide bonds. The molecule has 0 saturated heterocycles. The van der Waals surface area contributed by atoms with Crippen molar-refractivity contribution in [2.45, 2.75) is 13.3 Å². The highest BCUT2D eigenvalue weighted by atomic mass is 16.5. The molecule has 1 aliphatic rings. The van der Waals surface area contributed by atoms with Gasteiger partial charge in [-0.1, -0.05) is 11.2 Å². The van der Waals surface area contributed by atoms with E-state index in [0.29, 0.717) is 24.3 Å². The molecule has 0 spiro atoms. The fourth-order valence-electron chi connectivity index (χ4n) is 1.67. The van der Waals surface area contributed by atoms with Crippen molar-refractivity contribution < 1.29 is 14.7 Å². The third-order valence-corrected chi connectivity index (χ3v) is 2.38. The molecule has 0 saturated carbocycles. The molecule has 0 aliphatic heterocycles. The second-order valence-corrected chi connectivity index (χ2v) is 3.30. The molecule has 0 atom stereocenters. The van der Waals surface area contributed by atoms with E-state index in [1.165, 1.54) is 0 Å². The summed E-state index contributed by atoms with van der Waals surface area (Å²) in [5.74, 6) is 0.456. The summed E-state index contributed by atoms with van der Waals surface area (Å²) in [6, 6.07) is 5.34. The average molecular weight is 205 g/mol. The molecule has 78 valence electrons. The van der Waals surface area contributed by atoms with Crippen molar-refractivity contribution in [3.05, 3.63) is 29.3 Å². The summed E-state index contributed by atoms with van der Waals surface area (Å²) in [6.45, 7) is 2.45. The number of ketones is 1. The van der Waals surface area contributed by atoms with Crippen molar-refractivity contribution in [3.63, 3.8) is 0 Å². The molecule has 0 radical (unpaired) electrons. The number of benzene rings is 1. The van der Waals surface area contributed by atoms with Crippen LogP contribution in [0.15, 0.2) is 23.4 Å². The first kappa shape index (κ1) is 9.71. The summed E-state index contributed by atoms with van der Waals surface area (Å²) in [5.41, 5.74) is 1.66. The van der Waals surface area contributed by atoms with Crippen molar-refractivity contribution in [2.75, 3.05) is 6.61 Å². The van der Waals surface area contributed by atoms with Crippen LogP contribution in [-0.2, 0) is 6.42 Å². The highest BCUT2D eigenvalue weighted by molar-refractivity contribution is 6.49. The van der Waals surface area contributed by atoms with E-state index in [0.717, 1.165) is 5.56 Å². The number of hydrogen-bond acceptors (Lipinski definition) is 4. The van der Waals surface area contributed by atoms with Gasteiger partial charge in [-0.05, 0) is 24.6 Å². The third kappa shape index (κ3) is 1.58. The van der Waals surface area contributed by atoms with Gasteiger partial charge >= 0.3 is 0 Å². The highest BCUT2D eigenvalue weighted by Crippen LogP contribution is 2.25. The Hall–Kier alpha value is -1.84. The van der Waals surface area contributed by atoms with Gasteiger partial charge in [0.25, 0.3) is 0 Å². The second-order valence-electron chi connectivity index (χ2n) is 3.30. The van der Waals surface area contributed by atoms with Gasteiger partial charge in [-0.25, -0.2) is 0 Å². The summed E-state index contributed by atoms with van der Waals surface area (Å²) in [5, 5.41) is 11.6. The van der Waals surface area contributed by atoms with Gasteiger partial charge in [0.1, 0.15) is 11.5 Å². The number of nitrogens with zero attached hydrogens (tertiary/aromatic N) is 1. The van der Waals surface area contributed by atoms with E-state index in [1.54, 1.807) is 6.07 Å². The Morgan fingerprint density at radius 1 is 1.53 bits per heavy atom. The Morgan fingerprint density at radius 3 is 3.00 bits per heavy atom. The zero-order valence-corrected chi connectivity index (χ0v) is 8.36. The van der Waals surface area contributed by atoms with Crippen LogP contribution in [0.5, 0.6) is 5.75 Å². The normalized spacial score (nSPS) is 16.9. The lowest BCUT2D eigenvalue weighted by Gasteiger charge is -2.03. The van der Waals surface area contributed by atoms with Crippen LogP contribution >= 0.6 is 0 Å². The monoisotopic (exact) mass is 205 g/mol. The van der Waals surface area contributed by atoms with E-state index in [1.807, 2.05) is 19.1 Å². The van der Waals surface area contributed by atoms with Gasteiger partial charge < -0.3 is 9.94 Å². The minimum atomic E-state index is -0.214. The number of rotatable bonds is 2. The highest BCUT2D eigenvalue weighted by Gasteiger charge is 2.27. The molecular formula is C11H11NO3. The molecule has 1 aliphatic carbocycles. The van der Waals surface area contributed by atoms with Gasteiger partial charge in [0.2, 0.25) is 5.78 Å². The van der Waals surface area contributed by atoms with Crippen LogP contribution in [0.3, 0.4) is 0 Å². The molecule has 4 nitrogen and oxygen atoms in total. The van der Waals surface area contributed by atoms with Crippen molar-refractivity contribution in [1.29, 1.82) is 0 Å². The average Bonchev–Trinajstić information content (AvgIpc) is 2.56. The van der Waals surface area contributed by atoms with Crippen LogP contribution in [-0.4, -0.2) is 23.3 Å². The number of fused-ring (bicyclic) bond motifs is 1. The van der Waals surface area contributed by atoms with Gasteiger partial charge in [0.15, 0.2) is 0 Å². The molecule has 4 heteroatoms. The summed E-state index contributed by atoms with van der Waals surface area (Å²) < 4.78 is 5.29. The summed E-state index contributed by atoms with van der Waals surface area (Å²) in [4.78, 5) is 11.6. The standard InChI is InChI=1S/C11H11NO3/c1-2-15-8-4-3-7-5-10(12-14)11(13)9(7)6-8/h3-4,6,14H,2,5H2,1H3. The molecular weight excluding hydrogens is 194 g/mol. The maximum absolute atomic E-state index is 11.6. The Labute approximate surface area is 87.2 Å². The quantitative estimate of drug-likeness (QED) is 0.590. The predicted octanol–water partition coefficient (Wildman–Crippen LogP) is 1.65. The smallest absolute Gasteiger partial charge is 0.211 e. The summed E-state index contributed by atoms with van der Waals surface area (Å²) in [6.07, 6.45) is 0.400. The molecule has 1 N–H and O–H groups in total. The SMILES string of the molecule is CCOc1ccc2c(c1)C(=O)C(=NO)C2. The van der Waals surface area contributed by atoms with Crippen molar-refractivity contribution in [1.82, 2.24) is 0 Å². The predicted molar refractivity (Wildman–Crippen MR) is 54.9 cm³/mol. The first-order valence-electron chi connectivity index (χ1n) is 4.77. The lowest BCUT2D eigenvalue weighted by Crippen LogP contribution is -2.07. The lowest BCUT2D eigenvalue weighted by atomic mass is 10.1. The molecule has 0 unspecified atom stereocenters. The number of ether oxygens (including phenoxy) is 1. The van der Waals surface area contributed by atoms with Crippen LogP contribution in [0.1, 0.15) is 22.8 Å². The van der Waals surface area contributed by atoms with E-state index in [4.69, 9.17) is 9.94 Å². The summed E-state index contributed by atoms with van der Waals surface area (Å²) >= 11 is 0. The molecule has 1 aromatic carbocycles. The topological polar surface area (TPSA) is 58.9 Å². The van der Waals surface area contributed by atoms with Crippen LogP contribution in [0.2, 0.25) is 0 Å². The minimum Gasteiger partial charge on any atom is -0.494 e. The maximum atomic E-state index is 11.6. The van der Waals surface area contributed by atoms with Crippen LogP contribution in [0, 0.1) is 0 Å². The fourth-order valence-corrected chi connectivity index (χ4v) is 1.67. The van der Waals surface area contributed by atoms with Gasteiger partial charge in [-0.2, -0.15) is 0 Å². The molecule has 2 rings (SSSR count). The second kappa shape index (κ2) is 3.73. The Bertz CT molecular complexity index is 437. The van der Waals surface area contributed by atoms with Gasteiger partial charge in [0.05, 0.1) is 6.61 Å². The first-order valence-corrected chi connectivity index (χ1v) is 4.77. The molecule has 0 aromatic heterocycles. The van der Waals surface area contributed by atoms with Crippen LogP contribution in [0.25, 0.3) is 0 Å². The number of oxime groups is 1. The first-order chi connectivity index (χ1) is 7.26. The number of carbonyl (C=O) groups excluding carboxylic acids is 1. The molecule has 0 bridgehead atoms. The molecule has 0 heterocycles. The zero-order valence-electron chi connectivity index (χ0n) is 8.36. The van der Waals surface area contributed by atoms with E-state index in [-0.39, 0.29) is 11.5 Å². The number of Topliss-reactive ketones (excluding diaryl/α,β-unsaturated/α-hetero) is 1. The maximum Gasteiger partial charge on any atom is 0.211 e. The lowest BCUT2D eigenvalue weighted by molar-refractivity contribution is 0.106. The Balaban J connectivity index is 2.40. The number of carbonyl (C=O) groups is 1. The van der Waals surface area contributed by atoms with E-state index < -0.39 is 0 Å². The van der Waals surface area contributed by atoms with Crippen LogP contribution < -0.4 is 4.74 Å². The minimum absolute atomic E-state index is 0.193. The molecule has 1 aromatic rings. The van der Waals surface area contributed by atoms with Crippen LogP contribution in [0.4, 0.5) is 0 Å². The van der Waals surface area contributed by atoms with E-state index in [9.17, 15) is 4.79 Å². The van der Waals surface area contributed by atoms with Crippen molar-refractivity contribution in [3.8, 4) is 5.75 Å². The summed E-state index contributed by atoms with van der Waals surface area (Å²) in [7, 11) is 0. The van der Waals surface area contributed by atoms with E-state index >= 15 is 0 Å². The Morgan fingerprint density at radius 2 is 2.33 bits per heavy atom. The van der Waals surface area contributed by atoms with Gasteiger partial charge in [-0.15, -0.1) is 0 Å².